The van der Waals surface area contributed by atoms with Gasteiger partial charge in [0.25, 0.3) is 0 Å². The Bertz CT molecular complexity index is 1420. The molecule has 4 nitrogen and oxygen atoms in total. The minimum atomic E-state index is -4.84. The van der Waals surface area contributed by atoms with E-state index in [1.165, 1.54) is 11.1 Å². The summed E-state index contributed by atoms with van der Waals surface area (Å²) in [6.45, 7) is 8.54. The van der Waals surface area contributed by atoms with E-state index in [0.717, 1.165) is 22.3 Å². The number of hydrogen-bond acceptors (Lipinski definition) is 4. The molecule has 0 N–H and O–H groups in total. The molecule has 0 fully saturated rings. The predicted octanol–water partition coefficient (Wildman–Crippen LogP) is 8.25. The number of phosphoric acid groups is 1. The van der Waals surface area contributed by atoms with Crippen LogP contribution < -0.4 is 65.3 Å². The molecule has 4 aromatic carbocycles. The molecular formula is C30H26Br4KO4P. The molecule has 0 atom stereocenters. The van der Waals surface area contributed by atoms with Gasteiger partial charge in [-0.05, 0) is 133 Å². The summed E-state index contributed by atoms with van der Waals surface area (Å²) >= 11 is 14.0. The summed E-state index contributed by atoms with van der Waals surface area (Å²) in [6.07, 6.45) is 0. The second-order valence-electron chi connectivity index (χ2n) is 9.65. The Labute approximate surface area is 312 Å². The Morgan fingerprint density at radius 2 is 0.925 bits per heavy atom. The van der Waals surface area contributed by atoms with Crippen molar-refractivity contribution in [3.8, 4) is 33.8 Å². The largest absolute Gasteiger partial charge is 1.00 e. The van der Waals surface area contributed by atoms with Crippen LogP contribution in [0.3, 0.4) is 0 Å². The first-order valence-corrected chi connectivity index (χ1v) is 16.9. The molecule has 0 aliphatic heterocycles. The molecular weight excluding hydrogens is 814 g/mol. The van der Waals surface area contributed by atoms with Crippen molar-refractivity contribution in [2.24, 2.45) is 0 Å². The quantitative estimate of drug-likeness (QED) is 0.133. The molecule has 4 rings (SSSR count). The Hall–Kier alpha value is 0.226. The monoisotopic (exact) mass is 836 g/mol. The van der Waals surface area contributed by atoms with E-state index in [2.05, 4.69) is 104 Å². The van der Waals surface area contributed by atoms with Gasteiger partial charge in [-0.3, -0.25) is 0 Å². The van der Waals surface area contributed by atoms with E-state index in [-0.39, 0.29) is 62.9 Å². The van der Waals surface area contributed by atoms with Gasteiger partial charge in [0.05, 0.1) is 17.9 Å². The van der Waals surface area contributed by atoms with Crippen molar-refractivity contribution in [2.75, 3.05) is 0 Å². The first kappa shape index (κ1) is 34.7. The SMILES string of the molecule is CC(C)c1ccccc1-c1cc(Br)c(OP(=O)([O-])Oc2c(Br)cc(-c3ccccc3C(C)C)cc2Br)c(Br)c1.[K+]. The fourth-order valence-corrected chi connectivity index (χ4v) is 8.45. The number of phosphoric ester groups is 1. The van der Waals surface area contributed by atoms with Crippen molar-refractivity contribution in [3.05, 3.63) is 102 Å². The van der Waals surface area contributed by atoms with Gasteiger partial charge >= 0.3 is 59.2 Å². The van der Waals surface area contributed by atoms with E-state index >= 15 is 0 Å². The van der Waals surface area contributed by atoms with Crippen LogP contribution in [0.5, 0.6) is 11.5 Å². The zero-order valence-electron chi connectivity index (χ0n) is 22.7. The van der Waals surface area contributed by atoms with E-state index in [4.69, 9.17) is 9.05 Å². The van der Waals surface area contributed by atoms with Crippen LogP contribution in [-0.4, -0.2) is 0 Å². The second-order valence-corrected chi connectivity index (χ2v) is 14.3. The molecule has 0 radical (unpaired) electrons. The summed E-state index contributed by atoms with van der Waals surface area (Å²) in [5.74, 6) is 0.863. The standard InChI is InChI=1S/C30H27Br4O4P.K/c1-17(2)21-9-5-7-11-23(21)19-13-25(31)29(26(32)14-19)37-39(35,36)38-30-27(33)15-20(16-28(30)34)24-12-8-6-10-22(24)18(3)4;/h5-18H,1-4H3,(H,35,36);/q;+1/p-1. The second kappa shape index (κ2) is 14.8. The molecule has 0 heterocycles. The molecule has 0 bridgehead atoms. The smallest absolute Gasteiger partial charge is 0.736 e. The Morgan fingerprint density at radius 3 is 1.23 bits per heavy atom. The molecule has 40 heavy (non-hydrogen) atoms. The van der Waals surface area contributed by atoms with Crippen LogP contribution in [0.15, 0.2) is 90.7 Å². The molecule has 0 aliphatic carbocycles. The van der Waals surface area contributed by atoms with Gasteiger partial charge in [-0.1, -0.05) is 76.2 Å². The van der Waals surface area contributed by atoms with Crippen LogP contribution >= 0.6 is 71.5 Å². The summed E-state index contributed by atoms with van der Waals surface area (Å²) in [5.41, 5.74) is 6.36. The van der Waals surface area contributed by atoms with Crippen LogP contribution in [0.4, 0.5) is 0 Å². The Kier molecular flexibility index (Phi) is 12.8. The predicted molar refractivity (Wildman–Crippen MR) is 172 cm³/mol. The number of rotatable bonds is 8. The minimum Gasteiger partial charge on any atom is -0.736 e. The summed E-state index contributed by atoms with van der Waals surface area (Å²) in [4.78, 5) is 13.1. The molecule has 0 aliphatic rings. The van der Waals surface area contributed by atoms with Crippen molar-refractivity contribution in [2.45, 2.75) is 39.5 Å². The minimum absolute atomic E-state index is 0. The first-order valence-electron chi connectivity index (χ1n) is 12.2. The van der Waals surface area contributed by atoms with Crippen LogP contribution in [-0.2, 0) is 4.57 Å². The van der Waals surface area contributed by atoms with Gasteiger partial charge in [-0.2, -0.15) is 0 Å². The maximum atomic E-state index is 13.1. The maximum Gasteiger partial charge on any atom is 1.00 e. The third-order valence-corrected chi connectivity index (χ3v) is 9.36. The summed E-state index contributed by atoms with van der Waals surface area (Å²) in [6, 6.07) is 23.6. The van der Waals surface area contributed by atoms with Crippen LogP contribution in [0.25, 0.3) is 22.3 Å². The van der Waals surface area contributed by atoms with E-state index < -0.39 is 7.82 Å². The Balaban J connectivity index is 0.00000441. The number of halogens is 4. The zero-order valence-corrected chi connectivity index (χ0v) is 33.0. The van der Waals surface area contributed by atoms with Crippen molar-refractivity contribution in [1.29, 1.82) is 0 Å². The molecule has 0 saturated carbocycles. The Morgan fingerprint density at radius 1 is 0.625 bits per heavy atom. The van der Waals surface area contributed by atoms with E-state index in [9.17, 15) is 9.46 Å². The summed E-state index contributed by atoms with van der Waals surface area (Å²) in [5, 5.41) is 0. The molecule has 0 spiro atoms. The van der Waals surface area contributed by atoms with Crippen molar-refractivity contribution < 1.29 is 69.9 Å². The molecule has 0 saturated heterocycles. The zero-order chi connectivity index (χ0) is 28.5. The number of benzene rings is 4. The third-order valence-electron chi connectivity index (χ3n) is 6.19. The molecule has 0 amide bonds. The van der Waals surface area contributed by atoms with Crippen LogP contribution in [0.2, 0.25) is 0 Å². The first-order chi connectivity index (χ1) is 18.4. The summed E-state index contributed by atoms with van der Waals surface area (Å²) < 4.78 is 25.9. The van der Waals surface area contributed by atoms with Gasteiger partial charge in [0.15, 0.2) is 11.5 Å². The average molecular weight is 840 g/mol. The van der Waals surface area contributed by atoms with E-state index in [1.54, 1.807) is 0 Å². The molecule has 204 valence electrons. The van der Waals surface area contributed by atoms with Crippen LogP contribution in [0, 0.1) is 0 Å². The average Bonchev–Trinajstić information content (AvgIpc) is 2.88. The molecule has 0 aromatic heterocycles. The number of hydrogen-bond donors (Lipinski definition) is 0. The van der Waals surface area contributed by atoms with Crippen molar-refractivity contribution in [1.82, 2.24) is 0 Å². The van der Waals surface area contributed by atoms with Gasteiger partial charge in [-0.15, -0.1) is 0 Å². The van der Waals surface area contributed by atoms with E-state index in [0.29, 0.717) is 29.7 Å². The van der Waals surface area contributed by atoms with Crippen molar-refractivity contribution >= 4 is 71.5 Å². The van der Waals surface area contributed by atoms with Gasteiger partial charge in [0.1, 0.15) is 0 Å². The fourth-order valence-electron chi connectivity index (χ4n) is 4.37. The fraction of sp³-hybridized carbons (Fsp3) is 0.200. The van der Waals surface area contributed by atoms with E-state index in [1.807, 2.05) is 60.7 Å². The normalized spacial score (nSPS) is 11.5. The van der Waals surface area contributed by atoms with Crippen molar-refractivity contribution in [3.63, 3.8) is 0 Å². The maximum absolute atomic E-state index is 13.1. The molecule has 4 aromatic rings. The van der Waals surface area contributed by atoms with Gasteiger partial charge in [-0.25, -0.2) is 4.57 Å². The molecule has 0 unspecified atom stereocenters. The van der Waals surface area contributed by atoms with Gasteiger partial charge in [0.2, 0.25) is 0 Å². The van der Waals surface area contributed by atoms with Gasteiger partial charge in [0, 0.05) is 0 Å². The van der Waals surface area contributed by atoms with Crippen LogP contribution in [0.1, 0.15) is 50.7 Å². The topological polar surface area (TPSA) is 58.6 Å². The third kappa shape index (κ3) is 8.23. The summed E-state index contributed by atoms with van der Waals surface area (Å²) in [7, 11) is -4.84. The van der Waals surface area contributed by atoms with Gasteiger partial charge < -0.3 is 13.9 Å². The molecule has 10 heteroatoms.